The summed E-state index contributed by atoms with van der Waals surface area (Å²) in [7, 11) is 0. The summed E-state index contributed by atoms with van der Waals surface area (Å²) in [5.74, 6) is -1.37. The van der Waals surface area contributed by atoms with Crippen LogP contribution >= 0.6 is 0 Å². The number of benzene rings is 1. The Morgan fingerprint density at radius 2 is 2.22 bits per heavy atom. The molecule has 0 saturated carbocycles. The van der Waals surface area contributed by atoms with Crippen molar-refractivity contribution in [1.29, 1.82) is 0 Å². The largest absolute Gasteiger partial charge is 0.377 e. The van der Waals surface area contributed by atoms with Crippen LogP contribution < -0.4 is 0 Å². The lowest BCUT2D eigenvalue weighted by molar-refractivity contribution is -0.140. The average Bonchev–Trinajstić information content (AvgIpc) is 2.97. The van der Waals surface area contributed by atoms with Crippen LogP contribution in [0.4, 0.5) is 8.78 Å². The number of amides is 1. The van der Waals surface area contributed by atoms with E-state index in [2.05, 4.69) is 10.1 Å². The van der Waals surface area contributed by atoms with Gasteiger partial charge in [0.2, 0.25) is 5.91 Å². The summed E-state index contributed by atoms with van der Waals surface area (Å²) < 4.78 is 36.7. The highest BCUT2D eigenvalue weighted by Crippen LogP contribution is 2.24. The standard InChI is InChI=1S/C15H15F2N3O3/c1-9-18-15(23-19-9)13-8-22-5-4-20(13)14(21)7-10-2-3-11(16)12(17)6-10/h2-3,6,13H,4-5,7-8H2,1H3/t13-/m0/s1. The molecule has 8 heteroatoms. The predicted octanol–water partition coefficient (Wildman–Crippen LogP) is 1.80. The lowest BCUT2D eigenvalue weighted by Gasteiger charge is -2.33. The number of carbonyl (C=O) groups is 1. The van der Waals surface area contributed by atoms with E-state index in [1.807, 2.05) is 0 Å². The van der Waals surface area contributed by atoms with Gasteiger partial charge in [0.15, 0.2) is 17.5 Å². The minimum absolute atomic E-state index is 0.0409. The smallest absolute Gasteiger partial charge is 0.251 e. The topological polar surface area (TPSA) is 68.5 Å². The summed E-state index contributed by atoms with van der Waals surface area (Å²) in [4.78, 5) is 18.2. The number of hydrogen-bond donors (Lipinski definition) is 0. The molecule has 1 atom stereocenters. The molecule has 1 aromatic heterocycles. The molecular weight excluding hydrogens is 308 g/mol. The molecule has 1 aromatic carbocycles. The van der Waals surface area contributed by atoms with Crippen LogP contribution in [0.1, 0.15) is 23.3 Å². The number of morpholine rings is 1. The van der Waals surface area contributed by atoms with Gasteiger partial charge < -0.3 is 14.2 Å². The molecule has 1 aliphatic heterocycles. The third-order valence-electron chi connectivity index (χ3n) is 3.62. The fourth-order valence-corrected chi connectivity index (χ4v) is 2.48. The Labute approximate surface area is 131 Å². The fourth-order valence-electron chi connectivity index (χ4n) is 2.48. The van der Waals surface area contributed by atoms with Gasteiger partial charge in [0, 0.05) is 6.54 Å². The van der Waals surface area contributed by atoms with Gasteiger partial charge in [0.05, 0.1) is 19.6 Å². The van der Waals surface area contributed by atoms with Crippen LogP contribution in [0.15, 0.2) is 22.7 Å². The van der Waals surface area contributed by atoms with Crippen LogP contribution in [0, 0.1) is 18.6 Å². The molecule has 1 saturated heterocycles. The average molecular weight is 323 g/mol. The van der Waals surface area contributed by atoms with E-state index in [9.17, 15) is 13.6 Å². The number of carbonyl (C=O) groups excluding carboxylic acids is 1. The zero-order chi connectivity index (χ0) is 16.4. The van der Waals surface area contributed by atoms with E-state index in [-0.39, 0.29) is 18.9 Å². The molecule has 0 aliphatic carbocycles. The Balaban J connectivity index is 1.77. The zero-order valence-electron chi connectivity index (χ0n) is 12.5. The van der Waals surface area contributed by atoms with Crippen LogP contribution in [0.25, 0.3) is 0 Å². The molecule has 3 rings (SSSR count). The van der Waals surface area contributed by atoms with Crippen molar-refractivity contribution >= 4 is 5.91 Å². The highest BCUT2D eigenvalue weighted by Gasteiger charge is 2.32. The zero-order valence-corrected chi connectivity index (χ0v) is 12.5. The molecule has 0 radical (unpaired) electrons. The Morgan fingerprint density at radius 1 is 1.39 bits per heavy atom. The summed E-state index contributed by atoms with van der Waals surface area (Å²) >= 11 is 0. The number of halogens is 2. The molecule has 6 nitrogen and oxygen atoms in total. The van der Waals surface area contributed by atoms with Crippen molar-refractivity contribution < 1.29 is 22.8 Å². The second-order valence-corrected chi connectivity index (χ2v) is 5.28. The van der Waals surface area contributed by atoms with Crippen molar-refractivity contribution in [2.24, 2.45) is 0 Å². The van der Waals surface area contributed by atoms with Gasteiger partial charge in [0.25, 0.3) is 5.89 Å². The van der Waals surface area contributed by atoms with Crippen LogP contribution in [0.2, 0.25) is 0 Å². The highest BCUT2D eigenvalue weighted by molar-refractivity contribution is 5.79. The number of rotatable bonds is 3. The Kier molecular flexibility index (Phi) is 4.33. The third kappa shape index (κ3) is 3.37. The van der Waals surface area contributed by atoms with E-state index in [0.29, 0.717) is 30.4 Å². The van der Waals surface area contributed by atoms with Crippen molar-refractivity contribution in [3.05, 3.63) is 47.1 Å². The van der Waals surface area contributed by atoms with Crippen molar-refractivity contribution in [3.63, 3.8) is 0 Å². The fraction of sp³-hybridized carbons (Fsp3) is 0.400. The van der Waals surface area contributed by atoms with Crippen molar-refractivity contribution in [2.75, 3.05) is 19.8 Å². The lowest BCUT2D eigenvalue weighted by Crippen LogP contribution is -2.44. The molecule has 0 spiro atoms. The number of aryl methyl sites for hydroxylation is 1. The lowest BCUT2D eigenvalue weighted by atomic mass is 10.1. The Morgan fingerprint density at radius 3 is 2.91 bits per heavy atom. The molecule has 23 heavy (non-hydrogen) atoms. The number of nitrogens with zero attached hydrogens (tertiary/aromatic N) is 3. The first-order chi connectivity index (χ1) is 11.0. The SMILES string of the molecule is Cc1noc([C@@H]2COCCN2C(=O)Cc2ccc(F)c(F)c2)n1. The van der Waals surface area contributed by atoms with E-state index < -0.39 is 17.7 Å². The van der Waals surface area contributed by atoms with Crippen molar-refractivity contribution in [3.8, 4) is 0 Å². The minimum atomic E-state index is -0.971. The van der Waals surface area contributed by atoms with Gasteiger partial charge in [0.1, 0.15) is 6.04 Å². The van der Waals surface area contributed by atoms with E-state index in [0.717, 1.165) is 12.1 Å². The van der Waals surface area contributed by atoms with Crippen LogP contribution in [-0.2, 0) is 16.0 Å². The quantitative estimate of drug-likeness (QED) is 0.861. The normalized spacial score (nSPS) is 18.2. The molecule has 1 fully saturated rings. The molecule has 122 valence electrons. The van der Waals surface area contributed by atoms with Gasteiger partial charge in [-0.1, -0.05) is 11.2 Å². The monoisotopic (exact) mass is 323 g/mol. The van der Waals surface area contributed by atoms with E-state index in [1.165, 1.54) is 6.07 Å². The summed E-state index contributed by atoms with van der Waals surface area (Å²) in [6.07, 6.45) is -0.0409. The molecule has 0 bridgehead atoms. The summed E-state index contributed by atoms with van der Waals surface area (Å²) in [5.41, 5.74) is 0.404. The number of hydrogen-bond acceptors (Lipinski definition) is 5. The van der Waals surface area contributed by atoms with Gasteiger partial charge in [-0.2, -0.15) is 4.98 Å². The second kappa shape index (κ2) is 6.41. The molecule has 2 heterocycles. The summed E-state index contributed by atoms with van der Waals surface area (Å²) in [5, 5.41) is 3.72. The van der Waals surface area contributed by atoms with E-state index in [4.69, 9.17) is 9.26 Å². The molecule has 0 N–H and O–H groups in total. The molecule has 0 unspecified atom stereocenters. The maximum atomic E-state index is 13.3. The first-order valence-corrected chi connectivity index (χ1v) is 7.16. The molecular formula is C15H15F2N3O3. The second-order valence-electron chi connectivity index (χ2n) is 5.28. The summed E-state index contributed by atoms with van der Waals surface area (Å²) in [6.45, 7) is 2.71. The maximum absolute atomic E-state index is 13.3. The van der Waals surface area contributed by atoms with Crippen molar-refractivity contribution in [1.82, 2.24) is 15.0 Å². The van der Waals surface area contributed by atoms with Gasteiger partial charge in [-0.3, -0.25) is 4.79 Å². The van der Waals surface area contributed by atoms with Gasteiger partial charge in [-0.15, -0.1) is 0 Å². The first-order valence-electron chi connectivity index (χ1n) is 7.16. The molecule has 1 amide bonds. The van der Waals surface area contributed by atoms with Gasteiger partial charge in [-0.05, 0) is 24.6 Å². The number of ether oxygens (including phenoxy) is 1. The van der Waals surface area contributed by atoms with E-state index >= 15 is 0 Å². The van der Waals surface area contributed by atoms with Crippen LogP contribution in [-0.4, -0.2) is 40.7 Å². The van der Waals surface area contributed by atoms with Gasteiger partial charge >= 0.3 is 0 Å². The molecule has 1 aliphatic rings. The number of aromatic nitrogens is 2. The third-order valence-corrected chi connectivity index (χ3v) is 3.62. The minimum Gasteiger partial charge on any atom is -0.377 e. The maximum Gasteiger partial charge on any atom is 0.251 e. The summed E-state index contributed by atoms with van der Waals surface area (Å²) in [6, 6.07) is 2.96. The predicted molar refractivity (Wildman–Crippen MR) is 74.4 cm³/mol. The highest BCUT2D eigenvalue weighted by atomic mass is 19.2. The van der Waals surface area contributed by atoms with Gasteiger partial charge in [-0.25, -0.2) is 8.78 Å². The van der Waals surface area contributed by atoms with Crippen LogP contribution in [0.3, 0.4) is 0 Å². The Hall–Kier alpha value is -2.35. The van der Waals surface area contributed by atoms with Crippen molar-refractivity contribution in [2.45, 2.75) is 19.4 Å². The first kappa shape index (κ1) is 15.5. The van der Waals surface area contributed by atoms with Crippen LogP contribution in [0.5, 0.6) is 0 Å². The molecule has 2 aromatic rings. The Bertz CT molecular complexity index is 720. The van der Waals surface area contributed by atoms with E-state index in [1.54, 1.807) is 11.8 Å².